The van der Waals surface area contributed by atoms with E-state index in [4.69, 9.17) is 0 Å². The molecule has 0 saturated carbocycles. The highest BCUT2D eigenvalue weighted by Gasteiger charge is 2.23. The van der Waals surface area contributed by atoms with Crippen LogP contribution in [-0.4, -0.2) is 29.2 Å². The van der Waals surface area contributed by atoms with Crippen LogP contribution in [0.4, 0.5) is 5.82 Å². The number of rotatable bonds is 3. The Morgan fingerprint density at radius 3 is 2.59 bits per heavy atom. The SMILES string of the molecule is CCC1CCN(c2c(C=O)c(C)nn2C)CC1. The molecule has 4 nitrogen and oxygen atoms in total. The van der Waals surface area contributed by atoms with Crippen molar-refractivity contribution in [3.8, 4) is 0 Å². The van der Waals surface area contributed by atoms with E-state index in [1.54, 1.807) is 0 Å². The Hall–Kier alpha value is -1.32. The Balaban J connectivity index is 2.20. The quantitative estimate of drug-likeness (QED) is 0.754. The van der Waals surface area contributed by atoms with Crippen molar-refractivity contribution in [2.75, 3.05) is 18.0 Å². The predicted molar refractivity (Wildman–Crippen MR) is 68.6 cm³/mol. The number of anilines is 1. The first kappa shape index (κ1) is 12.1. The second kappa shape index (κ2) is 4.90. The fraction of sp³-hybridized carbons (Fsp3) is 0.692. The largest absolute Gasteiger partial charge is 0.356 e. The minimum absolute atomic E-state index is 0.752. The molecule has 0 radical (unpaired) electrons. The average Bonchev–Trinajstić information content (AvgIpc) is 2.63. The van der Waals surface area contributed by atoms with Crippen LogP contribution in [0, 0.1) is 12.8 Å². The molecule has 1 aliphatic rings. The first-order chi connectivity index (χ1) is 8.17. The molecule has 0 atom stereocenters. The smallest absolute Gasteiger partial charge is 0.155 e. The van der Waals surface area contributed by atoms with Gasteiger partial charge in [-0.25, -0.2) is 0 Å². The van der Waals surface area contributed by atoms with Gasteiger partial charge in [-0.05, 0) is 25.7 Å². The highest BCUT2D eigenvalue weighted by Crippen LogP contribution is 2.27. The summed E-state index contributed by atoms with van der Waals surface area (Å²) < 4.78 is 1.84. The third-order valence-electron chi connectivity index (χ3n) is 3.85. The van der Waals surface area contributed by atoms with Crippen molar-refractivity contribution in [1.29, 1.82) is 0 Å². The maximum atomic E-state index is 11.1. The van der Waals surface area contributed by atoms with Gasteiger partial charge < -0.3 is 4.90 Å². The van der Waals surface area contributed by atoms with E-state index < -0.39 is 0 Å². The van der Waals surface area contributed by atoms with Crippen LogP contribution in [0.2, 0.25) is 0 Å². The summed E-state index contributed by atoms with van der Waals surface area (Å²) in [6.07, 6.45) is 4.64. The molecule has 0 spiro atoms. The van der Waals surface area contributed by atoms with Crippen LogP contribution in [0.3, 0.4) is 0 Å². The summed E-state index contributed by atoms with van der Waals surface area (Å²) in [7, 11) is 1.92. The lowest BCUT2D eigenvalue weighted by molar-refractivity contribution is 0.112. The summed E-state index contributed by atoms with van der Waals surface area (Å²) in [5.41, 5.74) is 1.58. The zero-order valence-electron chi connectivity index (χ0n) is 10.9. The van der Waals surface area contributed by atoms with Crippen LogP contribution < -0.4 is 4.90 Å². The van der Waals surface area contributed by atoms with Crippen molar-refractivity contribution < 1.29 is 4.79 Å². The fourth-order valence-corrected chi connectivity index (χ4v) is 2.73. The van der Waals surface area contributed by atoms with Crippen molar-refractivity contribution in [2.45, 2.75) is 33.1 Å². The number of hydrogen-bond acceptors (Lipinski definition) is 3. The molecule has 1 saturated heterocycles. The zero-order chi connectivity index (χ0) is 12.4. The molecule has 1 aliphatic heterocycles. The van der Waals surface area contributed by atoms with E-state index in [1.807, 2.05) is 18.7 Å². The molecular weight excluding hydrogens is 214 g/mol. The summed E-state index contributed by atoms with van der Waals surface area (Å²) in [4.78, 5) is 13.4. The van der Waals surface area contributed by atoms with Crippen molar-refractivity contribution in [1.82, 2.24) is 9.78 Å². The van der Waals surface area contributed by atoms with E-state index in [0.29, 0.717) is 0 Å². The lowest BCUT2D eigenvalue weighted by Gasteiger charge is -2.33. The molecule has 2 rings (SSSR count). The summed E-state index contributed by atoms with van der Waals surface area (Å²) in [5.74, 6) is 1.84. The van der Waals surface area contributed by atoms with Gasteiger partial charge >= 0.3 is 0 Å². The van der Waals surface area contributed by atoms with Gasteiger partial charge in [-0.3, -0.25) is 9.48 Å². The Morgan fingerprint density at radius 2 is 2.06 bits per heavy atom. The van der Waals surface area contributed by atoms with E-state index in [1.165, 1.54) is 19.3 Å². The maximum Gasteiger partial charge on any atom is 0.155 e. The summed E-state index contributed by atoms with van der Waals surface area (Å²) in [5, 5.41) is 4.34. The molecule has 1 aromatic rings. The molecule has 94 valence electrons. The molecule has 0 unspecified atom stereocenters. The van der Waals surface area contributed by atoms with E-state index in [9.17, 15) is 4.79 Å². The molecule has 0 amide bonds. The fourth-order valence-electron chi connectivity index (χ4n) is 2.73. The van der Waals surface area contributed by atoms with Gasteiger partial charge in [0.05, 0.1) is 11.3 Å². The standard InChI is InChI=1S/C13H21N3O/c1-4-11-5-7-16(8-6-11)13-12(9-17)10(2)14-15(13)3/h9,11H,4-8H2,1-3H3. The minimum atomic E-state index is 0.752. The van der Waals surface area contributed by atoms with Gasteiger partial charge in [0, 0.05) is 20.1 Å². The van der Waals surface area contributed by atoms with Crippen LogP contribution in [0.1, 0.15) is 42.2 Å². The molecular formula is C13H21N3O. The Bertz CT molecular complexity index is 403. The van der Waals surface area contributed by atoms with Crippen molar-refractivity contribution in [3.63, 3.8) is 0 Å². The topological polar surface area (TPSA) is 38.1 Å². The van der Waals surface area contributed by atoms with Gasteiger partial charge in [0.25, 0.3) is 0 Å². The van der Waals surface area contributed by atoms with Crippen molar-refractivity contribution >= 4 is 12.1 Å². The number of piperidine rings is 1. The Morgan fingerprint density at radius 1 is 1.41 bits per heavy atom. The second-order valence-electron chi connectivity index (χ2n) is 4.90. The van der Waals surface area contributed by atoms with E-state index in [0.717, 1.165) is 42.4 Å². The summed E-state index contributed by atoms with van der Waals surface area (Å²) >= 11 is 0. The van der Waals surface area contributed by atoms with E-state index in [-0.39, 0.29) is 0 Å². The van der Waals surface area contributed by atoms with Crippen LogP contribution in [-0.2, 0) is 7.05 Å². The van der Waals surface area contributed by atoms with Gasteiger partial charge in [0.2, 0.25) is 0 Å². The van der Waals surface area contributed by atoms with Crippen molar-refractivity contribution in [3.05, 3.63) is 11.3 Å². The normalized spacial score (nSPS) is 17.5. The molecule has 4 heteroatoms. The average molecular weight is 235 g/mol. The Labute approximate surface area is 103 Å². The van der Waals surface area contributed by atoms with Gasteiger partial charge in [-0.1, -0.05) is 13.3 Å². The van der Waals surface area contributed by atoms with Gasteiger partial charge in [0.15, 0.2) is 6.29 Å². The first-order valence-corrected chi connectivity index (χ1v) is 6.41. The molecule has 2 heterocycles. The number of aryl methyl sites for hydroxylation is 2. The van der Waals surface area contributed by atoms with Gasteiger partial charge in [-0.15, -0.1) is 0 Å². The first-order valence-electron chi connectivity index (χ1n) is 6.41. The predicted octanol–water partition coefficient (Wildman–Crippen LogP) is 2.17. The van der Waals surface area contributed by atoms with E-state index in [2.05, 4.69) is 16.9 Å². The molecule has 0 bridgehead atoms. The lowest BCUT2D eigenvalue weighted by atomic mass is 9.94. The van der Waals surface area contributed by atoms with Crippen LogP contribution in [0.5, 0.6) is 0 Å². The van der Waals surface area contributed by atoms with E-state index >= 15 is 0 Å². The van der Waals surface area contributed by atoms with Crippen LogP contribution in [0.25, 0.3) is 0 Å². The third kappa shape index (κ3) is 2.21. The molecule has 0 aromatic carbocycles. The number of carbonyl (C=O) groups excluding carboxylic acids is 1. The van der Waals surface area contributed by atoms with Gasteiger partial charge in [0.1, 0.15) is 5.82 Å². The Kier molecular flexibility index (Phi) is 3.50. The minimum Gasteiger partial charge on any atom is -0.356 e. The van der Waals surface area contributed by atoms with Gasteiger partial charge in [-0.2, -0.15) is 5.10 Å². The number of nitrogens with zero attached hydrogens (tertiary/aromatic N) is 3. The van der Waals surface area contributed by atoms with Crippen LogP contribution in [0.15, 0.2) is 0 Å². The molecule has 1 fully saturated rings. The summed E-state index contributed by atoms with van der Waals surface area (Å²) in [6, 6.07) is 0. The highest BCUT2D eigenvalue weighted by molar-refractivity contribution is 5.84. The molecule has 0 aliphatic carbocycles. The monoisotopic (exact) mass is 235 g/mol. The second-order valence-corrected chi connectivity index (χ2v) is 4.90. The molecule has 0 N–H and O–H groups in total. The lowest BCUT2D eigenvalue weighted by Crippen LogP contribution is -2.35. The number of aromatic nitrogens is 2. The van der Waals surface area contributed by atoms with Crippen LogP contribution >= 0.6 is 0 Å². The number of carbonyl (C=O) groups is 1. The molecule has 17 heavy (non-hydrogen) atoms. The molecule has 1 aromatic heterocycles. The highest BCUT2D eigenvalue weighted by atomic mass is 16.1. The maximum absolute atomic E-state index is 11.1. The number of hydrogen-bond donors (Lipinski definition) is 0. The zero-order valence-corrected chi connectivity index (χ0v) is 10.9. The number of aldehydes is 1. The third-order valence-corrected chi connectivity index (χ3v) is 3.85. The van der Waals surface area contributed by atoms with Crippen molar-refractivity contribution in [2.24, 2.45) is 13.0 Å². The summed E-state index contributed by atoms with van der Waals surface area (Å²) in [6.45, 7) is 6.23.